The summed E-state index contributed by atoms with van der Waals surface area (Å²) in [6.45, 7) is 8.72. The molecule has 7 nitrogen and oxygen atoms in total. The molecule has 2 aromatic rings. The van der Waals surface area contributed by atoms with Crippen molar-refractivity contribution in [3.05, 3.63) is 59.7 Å². The van der Waals surface area contributed by atoms with Gasteiger partial charge in [0.2, 0.25) is 0 Å². The second kappa shape index (κ2) is 11.5. The van der Waals surface area contributed by atoms with Crippen LogP contribution in [0.4, 0.5) is 4.79 Å². The predicted molar refractivity (Wildman–Crippen MR) is 134 cm³/mol. The van der Waals surface area contributed by atoms with E-state index in [9.17, 15) is 14.7 Å². The Morgan fingerprint density at radius 3 is 2.38 bits per heavy atom. The maximum atomic E-state index is 13.8. The Morgan fingerprint density at radius 1 is 1.12 bits per heavy atom. The largest absolute Gasteiger partial charge is 0.394 e. The van der Waals surface area contributed by atoms with Crippen LogP contribution in [-0.2, 0) is 11.3 Å². The molecule has 34 heavy (non-hydrogen) atoms. The topological polar surface area (TPSA) is 82.1 Å². The van der Waals surface area contributed by atoms with E-state index in [2.05, 4.69) is 5.32 Å². The Bertz CT molecular complexity index is 993. The van der Waals surface area contributed by atoms with E-state index >= 15 is 0 Å². The van der Waals surface area contributed by atoms with Crippen LogP contribution in [0.15, 0.2) is 48.5 Å². The Balaban J connectivity index is 2.02. The fourth-order valence-corrected chi connectivity index (χ4v) is 4.26. The molecule has 2 N–H and O–H groups in total. The van der Waals surface area contributed by atoms with Crippen LogP contribution in [0.1, 0.15) is 43.6 Å². The highest BCUT2D eigenvalue weighted by molar-refractivity contribution is 6.01. The monoisotopic (exact) mass is 467 g/mol. The Labute approximate surface area is 202 Å². The minimum Gasteiger partial charge on any atom is -0.394 e. The molecule has 184 valence electrons. The smallest absolute Gasteiger partial charge is 0.317 e. The van der Waals surface area contributed by atoms with Gasteiger partial charge in [-0.15, -0.1) is 0 Å². The molecule has 0 aliphatic carbocycles. The molecule has 0 bridgehead atoms. The number of hydrogen-bond donors (Lipinski definition) is 2. The Kier molecular flexibility index (Phi) is 8.69. The second-order valence-electron chi connectivity index (χ2n) is 9.50. The van der Waals surface area contributed by atoms with Crippen molar-refractivity contribution in [3.63, 3.8) is 0 Å². The minimum atomic E-state index is -0.360. The first-order chi connectivity index (χ1) is 16.2. The first kappa shape index (κ1) is 25.7. The summed E-state index contributed by atoms with van der Waals surface area (Å²) in [5.41, 5.74) is 3.39. The summed E-state index contributed by atoms with van der Waals surface area (Å²) in [5, 5.41) is 12.8. The maximum Gasteiger partial charge on any atom is 0.317 e. The van der Waals surface area contributed by atoms with Crippen LogP contribution >= 0.6 is 0 Å². The van der Waals surface area contributed by atoms with Gasteiger partial charge >= 0.3 is 6.03 Å². The first-order valence-electron chi connectivity index (χ1n) is 11.9. The highest BCUT2D eigenvalue weighted by atomic mass is 16.5. The summed E-state index contributed by atoms with van der Waals surface area (Å²) < 4.78 is 6.43. The SMILES string of the molecule is CC(C)NC(=O)N(C)C[C@H]1OCc2ccccc2-c2ccccc2C(=O)N([C@@H](C)CO)C[C@@H]1C. The van der Waals surface area contributed by atoms with Gasteiger partial charge in [-0.2, -0.15) is 0 Å². The van der Waals surface area contributed by atoms with Crippen molar-refractivity contribution in [2.24, 2.45) is 5.92 Å². The van der Waals surface area contributed by atoms with Crippen LogP contribution in [0, 0.1) is 5.92 Å². The average molecular weight is 468 g/mol. The number of ether oxygens (including phenoxy) is 1. The van der Waals surface area contributed by atoms with E-state index in [4.69, 9.17) is 4.74 Å². The van der Waals surface area contributed by atoms with E-state index in [1.165, 1.54) is 0 Å². The molecule has 0 radical (unpaired) electrons. The van der Waals surface area contributed by atoms with E-state index in [0.717, 1.165) is 16.7 Å². The van der Waals surface area contributed by atoms with Crippen LogP contribution < -0.4 is 5.32 Å². The molecule has 3 atom stereocenters. The zero-order chi connectivity index (χ0) is 24.8. The second-order valence-corrected chi connectivity index (χ2v) is 9.50. The standard InChI is InChI=1S/C27H37N3O4/c1-18(2)28-27(33)29(5)15-25-19(3)14-30(20(4)16-31)26(32)24-13-9-8-12-23(24)22-11-7-6-10-21(22)17-34-25/h6-13,18-20,25,31H,14-17H2,1-5H3,(H,28,33)/t19-,20-,25+/m0/s1. The molecule has 3 amide bonds. The van der Waals surface area contributed by atoms with Gasteiger partial charge in [0.15, 0.2) is 0 Å². The number of rotatable bonds is 5. The van der Waals surface area contributed by atoms with Crippen LogP contribution in [0.2, 0.25) is 0 Å². The number of carbonyl (C=O) groups is 2. The number of benzene rings is 2. The summed E-state index contributed by atoms with van der Waals surface area (Å²) in [6.07, 6.45) is -0.307. The molecule has 0 saturated carbocycles. The van der Waals surface area contributed by atoms with Gasteiger partial charge < -0.3 is 25.0 Å². The summed E-state index contributed by atoms with van der Waals surface area (Å²) in [4.78, 5) is 29.7. The molecule has 7 heteroatoms. The molecular formula is C27H37N3O4. The molecule has 1 aliphatic rings. The normalized spacial score (nSPS) is 19.6. The molecular weight excluding hydrogens is 430 g/mol. The van der Waals surface area contributed by atoms with Crippen molar-refractivity contribution in [1.82, 2.24) is 15.1 Å². The molecule has 2 aromatic carbocycles. The van der Waals surface area contributed by atoms with Gasteiger partial charge in [0.25, 0.3) is 5.91 Å². The number of amides is 3. The third kappa shape index (κ3) is 5.96. The molecule has 1 aliphatic heterocycles. The number of aliphatic hydroxyl groups excluding tert-OH is 1. The quantitative estimate of drug-likeness (QED) is 0.702. The summed E-state index contributed by atoms with van der Waals surface area (Å²) in [6, 6.07) is 15.0. The molecule has 3 rings (SSSR count). The van der Waals surface area contributed by atoms with Crippen molar-refractivity contribution in [2.45, 2.75) is 52.5 Å². The number of hydrogen-bond acceptors (Lipinski definition) is 4. The summed E-state index contributed by atoms with van der Waals surface area (Å²) in [5.74, 6) is -0.199. The van der Waals surface area contributed by atoms with E-state index in [1.54, 1.807) is 16.8 Å². The highest BCUT2D eigenvalue weighted by Crippen LogP contribution is 2.31. The van der Waals surface area contributed by atoms with Crippen molar-refractivity contribution < 1.29 is 19.4 Å². The molecule has 1 heterocycles. The van der Waals surface area contributed by atoms with Gasteiger partial charge in [-0.25, -0.2) is 4.79 Å². The maximum absolute atomic E-state index is 13.8. The fraction of sp³-hybridized carbons (Fsp3) is 0.481. The molecule has 0 saturated heterocycles. The van der Waals surface area contributed by atoms with Crippen molar-refractivity contribution in [1.29, 1.82) is 0 Å². The van der Waals surface area contributed by atoms with Gasteiger partial charge in [0, 0.05) is 37.7 Å². The lowest BCUT2D eigenvalue weighted by atomic mass is 9.94. The molecule has 0 aromatic heterocycles. The Morgan fingerprint density at radius 2 is 1.74 bits per heavy atom. The number of nitrogens with one attached hydrogen (secondary N) is 1. The van der Waals surface area contributed by atoms with E-state index < -0.39 is 0 Å². The number of likely N-dealkylation sites (N-methyl/N-ethyl adjacent to an activating group) is 1. The average Bonchev–Trinajstić information content (AvgIpc) is 2.84. The van der Waals surface area contributed by atoms with Crippen LogP contribution in [-0.4, -0.2) is 71.8 Å². The van der Waals surface area contributed by atoms with Gasteiger partial charge in [0.1, 0.15) is 0 Å². The predicted octanol–water partition coefficient (Wildman–Crippen LogP) is 3.76. The van der Waals surface area contributed by atoms with Crippen LogP contribution in [0.5, 0.6) is 0 Å². The third-order valence-corrected chi connectivity index (χ3v) is 6.31. The summed E-state index contributed by atoms with van der Waals surface area (Å²) in [7, 11) is 1.75. The Hall–Kier alpha value is -2.90. The van der Waals surface area contributed by atoms with Crippen molar-refractivity contribution in [2.75, 3.05) is 26.7 Å². The zero-order valence-electron chi connectivity index (χ0n) is 20.8. The number of nitrogens with zero attached hydrogens (tertiary/aromatic N) is 2. The lowest BCUT2D eigenvalue weighted by Gasteiger charge is -2.35. The van der Waals surface area contributed by atoms with Crippen molar-refractivity contribution >= 4 is 11.9 Å². The number of urea groups is 1. The minimum absolute atomic E-state index is 0.0322. The zero-order valence-corrected chi connectivity index (χ0v) is 20.8. The fourth-order valence-electron chi connectivity index (χ4n) is 4.26. The third-order valence-electron chi connectivity index (χ3n) is 6.31. The number of fused-ring (bicyclic) bond motifs is 3. The van der Waals surface area contributed by atoms with Gasteiger partial charge in [-0.1, -0.05) is 49.4 Å². The van der Waals surface area contributed by atoms with E-state index in [0.29, 0.717) is 25.3 Å². The summed E-state index contributed by atoms with van der Waals surface area (Å²) >= 11 is 0. The number of carbonyl (C=O) groups excluding carboxylic acids is 2. The lowest BCUT2D eigenvalue weighted by Crippen LogP contribution is -2.49. The lowest BCUT2D eigenvalue weighted by molar-refractivity contribution is -0.0185. The molecule has 0 unspecified atom stereocenters. The molecule has 0 fully saturated rings. The van der Waals surface area contributed by atoms with Crippen LogP contribution in [0.25, 0.3) is 11.1 Å². The van der Waals surface area contributed by atoms with Crippen molar-refractivity contribution in [3.8, 4) is 11.1 Å². The van der Waals surface area contributed by atoms with Gasteiger partial charge in [-0.3, -0.25) is 4.79 Å². The highest BCUT2D eigenvalue weighted by Gasteiger charge is 2.31. The van der Waals surface area contributed by atoms with Crippen LogP contribution in [0.3, 0.4) is 0 Å². The van der Waals surface area contributed by atoms with E-state index in [1.807, 2.05) is 76.2 Å². The van der Waals surface area contributed by atoms with E-state index in [-0.39, 0.29) is 42.7 Å². The number of aliphatic hydroxyl groups is 1. The molecule has 0 spiro atoms. The van der Waals surface area contributed by atoms with Gasteiger partial charge in [-0.05, 0) is 43.5 Å². The van der Waals surface area contributed by atoms with Gasteiger partial charge in [0.05, 0.1) is 25.4 Å². The first-order valence-corrected chi connectivity index (χ1v) is 11.9.